The summed E-state index contributed by atoms with van der Waals surface area (Å²) in [6.45, 7) is 8.59. The third kappa shape index (κ3) is 4.18. The van der Waals surface area contributed by atoms with Crippen molar-refractivity contribution in [2.45, 2.75) is 38.5 Å². The fourth-order valence-electron chi connectivity index (χ4n) is 4.99. The highest BCUT2D eigenvalue weighted by Crippen LogP contribution is 2.38. The second-order valence-corrected chi connectivity index (χ2v) is 10.6. The summed E-state index contributed by atoms with van der Waals surface area (Å²) in [7, 11) is 0. The number of rotatable bonds is 6. The lowest BCUT2D eigenvalue weighted by atomic mass is 9.73. The Hall–Kier alpha value is -4.58. The number of imide groups is 2. The number of nitrogens with zero attached hydrogens (tertiary/aromatic N) is 2. The van der Waals surface area contributed by atoms with E-state index in [-0.39, 0.29) is 34.5 Å². The molecule has 0 aliphatic carbocycles. The zero-order valence-electron chi connectivity index (χ0n) is 21.8. The number of carbonyl (C=O) groups excluding carboxylic acids is 4. The Bertz CT molecular complexity index is 1380. The summed E-state index contributed by atoms with van der Waals surface area (Å²) in [5, 5.41) is 0. The van der Waals surface area contributed by atoms with Gasteiger partial charge in [0.2, 0.25) is 0 Å². The summed E-state index contributed by atoms with van der Waals surface area (Å²) in [5.74, 6) is -1.33. The van der Waals surface area contributed by atoms with E-state index in [1.807, 2.05) is 24.3 Å². The van der Waals surface area contributed by atoms with Crippen molar-refractivity contribution in [1.82, 2.24) is 0 Å². The van der Waals surface area contributed by atoms with Crippen LogP contribution in [0.25, 0.3) is 0 Å². The average molecular weight is 505 g/mol. The average Bonchev–Trinajstić information content (AvgIpc) is 3.43. The van der Waals surface area contributed by atoms with E-state index in [1.54, 1.807) is 24.3 Å². The Morgan fingerprint density at radius 2 is 0.763 bits per heavy atom. The third-order valence-corrected chi connectivity index (χ3v) is 7.62. The van der Waals surface area contributed by atoms with Gasteiger partial charge in [-0.1, -0.05) is 76.2 Å². The van der Waals surface area contributed by atoms with Gasteiger partial charge < -0.3 is 0 Å². The second kappa shape index (κ2) is 9.06. The maximum absolute atomic E-state index is 12.0. The monoisotopic (exact) mass is 504 g/mol. The molecule has 0 unspecified atom stereocenters. The molecule has 0 bridgehead atoms. The van der Waals surface area contributed by atoms with Crippen LogP contribution in [-0.2, 0) is 30.0 Å². The SMILES string of the molecule is CC(C)(c1ccc(N2C(=O)C=CC2=O)cc1)c1cccc(C(C)(C)c2ccc(N3C(=O)C=CC3=O)cc2)c1. The van der Waals surface area contributed by atoms with Crippen LogP contribution in [-0.4, -0.2) is 23.6 Å². The zero-order valence-corrected chi connectivity index (χ0v) is 21.8. The summed E-state index contributed by atoms with van der Waals surface area (Å²) >= 11 is 0. The molecule has 0 atom stereocenters. The highest BCUT2D eigenvalue weighted by atomic mass is 16.2. The van der Waals surface area contributed by atoms with Crippen LogP contribution in [0.3, 0.4) is 0 Å². The normalized spacial score (nSPS) is 15.8. The molecule has 0 radical (unpaired) electrons. The second-order valence-electron chi connectivity index (χ2n) is 10.6. The van der Waals surface area contributed by atoms with Crippen molar-refractivity contribution >= 4 is 35.0 Å². The molecule has 3 aromatic carbocycles. The smallest absolute Gasteiger partial charge is 0.258 e. The number of amides is 4. The molecule has 0 saturated heterocycles. The Labute approximate surface area is 221 Å². The van der Waals surface area contributed by atoms with Gasteiger partial charge in [0.15, 0.2) is 0 Å². The standard InChI is InChI=1S/C32H28N2O4/c1-31(2,21-8-12-25(13-9-21)33-27(35)16-17-28(33)36)23-6-5-7-24(20-23)32(3,4)22-10-14-26(15-11-22)34-29(37)18-19-30(34)38/h5-20H,1-4H3. The van der Waals surface area contributed by atoms with Gasteiger partial charge in [0, 0.05) is 35.1 Å². The van der Waals surface area contributed by atoms with Gasteiger partial charge >= 0.3 is 0 Å². The maximum atomic E-state index is 12.0. The predicted molar refractivity (Wildman–Crippen MR) is 147 cm³/mol. The summed E-state index contributed by atoms with van der Waals surface area (Å²) in [4.78, 5) is 50.5. The van der Waals surface area contributed by atoms with E-state index in [0.717, 1.165) is 32.1 Å². The molecule has 3 aromatic rings. The van der Waals surface area contributed by atoms with Crippen LogP contribution in [0.15, 0.2) is 97.1 Å². The Morgan fingerprint density at radius 1 is 0.447 bits per heavy atom. The summed E-state index contributed by atoms with van der Waals surface area (Å²) in [6.07, 6.45) is 5.13. The van der Waals surface area contributed by atoms with E-state index in [4.69, 9.17) is 0 Å². The first-order valence-electron chi connectivity index (χ1n) is 12.4. The van der Waals surface area contributed by atoms with E-state index >= 15 is 0 Å². The lowest BCUT2D eigenvalue weighted by Crippen LogP contribution is -2.29. The van der Waals surface area contributed by atoms with Crippen molar-refractivity contribution in [3.8, 4) is 0 Å². The number of hydrogen-bond donors (Lipinski definition) is 0. The predicted octanol–water partition coefficient (Wildman–Crippen LogP) is 5.20. The maximum Gasteiger partial charge on any atom is 0.258 e. The Morgan fingerprint density at radius 3 is 1.08 bits per heavy atom. The van der Waals surface area contributed by atoms with Crippen LogP contribution in [0, 0.1) is 0 Å². The first kappa shape index (κ1) is 25.1. The minimum Gasteiger partial charge on any atom is -0.269 e. The molecule has 6 nitrogen and oxygen atoms in total. The van der Waals surface area contributed by atoms with Gasteiger partial charge in [-0.15, -0.1) is 0 Å². The molecule has 0 saturated carbocycles. The van der Waals surface area contributed by atoms with Crippen LogP contribution >= 0.6 is 0 Å². The van der Waals surface area contributed by atoms with E-state index in [2.05, 4.69) is 52.0 Å². The minimum atomic E-state index is -0.338. The molecule has 0 spiro atoms. The zero-order chi connectivity index (χ0) is 27.2. The highest BCUT2D eigenvalue weighted by molar-refractivity contribution is 6.28. The van der Waals surface area contributed by atoms with Crippen LogP contribution in [0.2, 0.25) is 0 Å². The van der Waals surface area contributed by atoms with Gasteiger partial charge in [-0.05, 0) is 46.5 Å². The van der Waals surface area contributed by atoms with Gasteiger partial charge in [-0.25, -0.2) is 9.80 Å². The quantitative estimate of drug-likeness (QED) is 0.433. The van der Waals surface area contributed by atoms with Crippen molar-refractivity contribution in [3.63, 3.8) is 0 Å². The molecule has 0 aromatic heterocycles. The Balaban J connectivity index is 1.41. The van der Waals surface area contributed by atoms with Gasteiger partial charge in [0.25, 0.3) is 23.6 Å². The van der Waals surface area contributed by atoms with Crippen molar-refractivity contribution in [2.75, 3.05) is 9.80 Å². The Kier molecular flexibility index (Phi) is 5.98. The lowest BCUT2D eigenvalue weighted by molar-refractivity contribution is -0.121. The van der Waals surface area contributed by atoms with Crippen molar-refractivity contribution < 1.29 is 19.2 Å². The molecular formula is C32H28N2O4. The molecule has 2 aliphatic heterocycles. The van der Waals surface area contributed by atoms with Crippen molar-refractivity contribution in [1.29, 1.82) is 0 Å². The van der Waals surface area contributed by atoms with Gasteiger partial charge in [0.05, 0.1) is 11.4 Å². The molecule has 2 aliphatic rings. The molecule has 4 amide bonds. The molecule has 6 heteroatoms. The van der Waals surface area contributed by atoms with Gasteiger partial charge in [0.1, 0.15) is 0 Å². The molecule has 38 heavy (non-hydrogen) atoms. The number of anilines is 2. The first-order chi connectivity index (χ1) is 18.0. The van der Waals surface area contributed by atoms with E-state index in [9.17, 15) is 19.2 Å². The van der Waals surface area contributed by atoms with Crippen molar-refractivity contribution in [3.05, 3.63) is 119 Å². The highest BCUT2D eigenvalue weighted by Gasteiger charge is 2.30. The lowest BCUT2D eigenvalue weighted by Gasteiger charge is -2.31. The summed E-state index contributed by atoms with van der Waals surface area (Å²) in [6, 6.07) is 23.5. The van der Waals surface area contributed by atoms with Crippen LogP contribution in [0.4, 0.5) is 11.4 Å². The third-order valence-electron chi connectivity index (χ3n) is 7.62. The fraction of sp³-hybridized carbons (Fsp3) is 0.188. The van der Waals surface area contributed by atoms with E-state index in [0.29, 0.717) is 11.4 Å². The largest absolute Gasteiger partial charge is 0.269 e. The number of hydrogen-bond acceptors (Lipinski definition) is 4. The fourth-order valence-corrected chi connectivity index (χ4v) is 4.99. The topological polar surface area (TPSA) is 74.8 Å². The molecule has 2 heterocycles. The molecule has 0 fully saturated rings. The van der Waals surface area contributed by atoms with Crippen LogP contribution in [0.5, 0.6) is 0 Å². The van der Waals surface area contributed by atoms with Gasteiger partial charge in [-0.2, -0.15) is 0 Å². The summed E-state index contributed by atoms with van der Waals surface area (Å²) in [5.41, 5.74) is 4.79. The molecular weight excluding hydrogens is 476 g/mol. The molecule has 190 valence electrons. The minimum absolute atomic E-state index is 0.333. The van der Waals surface area contributed by atoms with Gasteiger partial charge in [-0.3, -0.25) is 19.2 Å². The van der Waals surface area contributed by atoms with Crippen LogP contribution in [0.1, 0.15) is 49.9 Å². The van der Waals surface area contributed by atoms with E-state index in [1.165, 1.54) is 24.3 Å². The van der Waals surface area contributed by atoms with Crippen LogP contribution < -0.4 is 9.80 Å². The first-order valence-corrected chi connectivity index (χ1v) is 12.4. The molecule has 0 N–H and O–H groups in total. The van der Waals surface area contributed by atoms with E-state index < -0.39 is 0 Å². The number of benzene rings is 3. The summed E-state index contributed by atoms with van der Waals surface area (Å²) < 4.78 is 0. The molecule has 5 rings (SSSR count). The number of carbonyl (C=O) groups is 4. The van der Waals surface area contributed by atoms with Crippen molar-refractivity contribution in [2.24, 2.45) is 0 Å².